The van der Waals surface area contributed by atoms with Crippen molar-refractivity contribution in [3.8, 4) is 0 Å². The molecule has 1 fully saturated rings. The third kappa shape index (κ3) is 3.41. The highest BCUT2D eigenvalue weighted by Crippen LogP contribution is 2.51. The van der Waals surface area contributed by atoms with Gasteiger partial charge in [0.05, 0.1) is 4.90 Å². The Kier molecular flexibility index (Phi) is 4.60. The molecule has 1 atom stereocenters. The number of rotatable bonds is 6. The highest BCUT2D eigenvalue weighted by atomic mass is 32.2. The van der Waals surface area contributed by atoms with Gasteiger partial charge in [-0.15, -0.1) is 0 Å². The first-order chi connectivity index (χ1) is 13.0. The molecule has 0 bridgehead atoms. The number of epoxide rings is 1. The van der Waals surface area contributed by atoms with Crippen molar-refractivity contribution < 1.29 is 13.2 Å². The van der Waals surface area contributed by atoms with Gasteiger partial charge in [0.15, 0.2) is 0 Å². The van der Waals surface area contributed by atoms with Crippen LogP contribution >= 0.6 is 0 Å². The fourth-order valence-electron chi connectivity index (χ4n) is 3.41. The van der Waals surface area contributed by atoms with Crippen LogP contribution in [0.1, 0.15) is 16.7 Å². The summed E-state index contributed by atoms with van der Waals surface area (Å²) < 4.78 is 34.0. The molecule has 27 heavy (non-hydrogen) atoms. The molecular weight excluding hydrogens is 358 g/mol. The van der Waals surface area contributed by atoms with Crippen LogP contribution in [0.5, 0.6) is 0 Å². The molecule has 0 saturated carbocycles. The van der Waals surface area contributed by atoms with E-state index in [1.165, 1.54) is 0 Å². The van der Waals surface area contributed by atoms with Crippen molar-refractivity contribution >= 4 is 10.0 Å². The zero-order valence-electron chi connectivity index (χ0n) is 15.0. The van der Waals surface area contributed by atoms with Crippen LogP contribution in [-0.4, -0.2) is 21.1 Å². The van der Waals surface area contributed by atoms with E-state index in [1.54, 1.807) is 24.3 Å². The Bertz CT molecular complexity index is 977. The maximum atomic E-state index is 12.6. The number of hydrogen-bond acceptors (Lipinski definition) is 3. The van der Waals surface area contributed by atoms with Gasteiger partial charge in [0, 0.05) is 6.54 Å². The van der Waals surface area contributed by atoms with E-state index in [4.69, 9.17) is 4.74 Å². The highest BCUT2D eigenvalue weighted by molar-refractivity contribution is 7.89. The fraction of sp³-hybridized carbons (Fsp3) is 0.182. The minimum Gasteiger partial charge on any atom is -0.354 e. The lowest BCUT2D eigenvalue weighted by atomic mass is 9.88. The molecule has 4 rings (SSSR count). The molecule has 1 N–H and O–H groups in total. The third-order valence-electron chi connectivity index (χ3n) is 4.92. The van der Waals surface area contributed by atoms with Gasteiger partial charge in [-0.05, 0) is 30.2 Å². The molecule has 3 aromatic carbocycles. The van der Waals surface area contributed by atoms with Gasteiger partial charge in [-0.3, -0.25) is 0 Å². The minimum absolute atomic E-state index is 0.208. The Hall–Kier alpha value is -2.47. The normalized spacial score (nSPS) is 18.2. The van der Waals surface area contributed by atoms with Gasteiger partial charge in [0.2, 0.25) is 10.0 Å². The number of aryl methyl sites for hydroxylation is 1. The van der Waals surface area contributed by atoms with Crippen LogP contribution in [0.25, 0.3) is 0 Å². The van der Waals surface area contributed by atoms with Crippen LogP contribution in [0.4, 0.5) is 0 Å². The maximum Gasteiger partial charge on any atom is 0.240 e. The summed E-state index contributed by atoms with van der Waals surface area (Å²) in [6.45, 7) is 2.13. The summed E-state index contributed by atoms with van der Waals surface area (Å²) in [6, 6.07) is 26.7. The molecule has 1 aliphatic heterocycles. The number of sulfonamides is 1. The van der Waals surface area contributed by atoms with Crippen molar-refractivity contribution in [2.75, 3.05) is 6.54 Å². The molecular formula is C22H21NO3S. The van der Waals surface area contributed by atoms with E-state index in [1.807, 2.05) is 67.6 Å². The van der Waals surface area contributed by atoms with E-state index in [9.17, 15) is 8.42 Å². The van der Waals surface area contributed by atoms with Gasteiger partial charge in [0.1, 0.15) is 11.7 Å². The smallest absolute Gasteiger partial charge is 0.240 e. The first kappa shape index (κ1) is 17.9. The summed E-state index contributed by atoms with van der Waals surface area (Å²) in [5.74, 6) is 0. The van der Waals surface area contributed by atoms with E-state index in [-0.39, 0.29) is 17.5 Å². The predicted octanol–water partition coefficient (Wildman–Crippen LogP) is 3.62. The average Bonchev–Trinajstić information content (AvgIpc) is 3.44. The second kappa shape index (κ2) is 6.93. The first-order valence-electron chi connectivity index (χ1n) is 8.87. The average molecular weight is 379 g/mol. The Morgan fingerprint density at radius 1 is 0.852 bits per heavy atom. The Morgan fingerprint density at radius 2 is 1.37 bits per heavy atom. The molecule has 0 aliphatic carbocycles. The van der Waals surface area contributed by atoms with Crippen molar-refractivity contribution in [2.45, 2.75) is 23.5 Å². The molecule has 1 saturated heterocycles. The predicted molar refractivity (Wildman–Crippen MR) is 105 cm³/mol. The number of hydrogen-bond donors (Lipinski definition) is 1. The van der Waals surface area contributed by atoms with Crippen LogP contribution in [0, 0.1) is 6.92 Å². The lowest BCUT2D eigenvalue weighted by Crippen LogP contribution is -2.30. The van der Waals surface area contributed by atoms with Gasteiger partial charge >= 0.3 is 0 Å². The van der Waals surface area contributed by atoms with Gasteiger partial charge in [-0.2, -0.15) is 0 Å². The van der Waals surface area contributed by atoms with Crippen LogP contribution in [0.3, 0.4) is 0 Å². The molecule has 0 aromatic heterocycles. The number of ether oxygens (including phenoxy) is 1. The summed E-state index contributed by atoms with van der Waals surface area (Å²) in [5, 5.41) is 0. The second-order valence-electron chi connectivity index (χ2n) is 6.74. The quantitative estimate of drug-likeness (QED) is 0.666. The summed E-state index contributed by atoms with van der Waals surface area (Å²) in [7, 11) is -3.58. The zero-order chi connectivity index (χ0) is 18.9. The Labute approximate surface area is 159 Å². The van der Waals surface area contributed by atoms with Crippen LogP contribution < -0.4 is 4.72 Å². The van der Waals surface area contributed by atoms with Gasteiger partial charge in [0.25, 0.3) is 0 Å². The van der Waals surface area contributed by atoms with E-state index in [0.29, 0.717) is 0 Å². The van der Waals surface area contributed by atoms with Crippen molar-refractivity contribution in [3.63, 3.8) is 0 Å². The first-order valence-corrected chi connectivity index (χ1v) is 10.4. The summed E-state index contributed by atoms with van der Waals surface area (Å²) in [6.07, 6.45) is -0.262. The van der Waals surface area contributed by atoms with E-state index in [0.717, 1.165) is 16.7 Å². The van der Waals surface area contributed by atoms with E-state index in [2.05, 4.69) is 4.72 Å². The summed E-state index contributed by atoms with van der Waals surface area (Å²) in [5.41, 5.74) is 2.45. The SMILES string of the molecule is Cc1ccc(S(=O)(=O)NC[C@H]2OC2(c2ccccc2)c2ccccc2)cc1. The van der Waals surface area contributed by atoms with Gasteiger partial charge in [-0.1, -0.05) is 78.4 Å². The van der Waals surface area contributed by atoms with Crippen LogP contribution in [0.2, 0.25) is 0 Å². The van der Waals surface area contributed by atoms with Crippen molar-refractivity contribution in [3.05, 3.63) is 102 Å². The summed E-state index contributed by atoms with van der Waals surface area (Å²) >= 11 is 0. The molecule has 3 aromatic rings. The number of nitrogens with one attached hydrogen (secondary N) is 1. The summed E-state index contributed by atoms with van der Waals surface area (Å²) in [4.78, 5) is 0.263. The molecule has 4 nitrogen and oxygen atoms in total. The van der Waals surface area contributed by atoms with Crippen LogP contribution in [-0.2, 0) is 20.4 Å². The molecule has 138 valence electrons. The molecule has 0 radical (unpaired) electrons. The minimum atomic E-state index is -3.58. The molecule has 1 aliphatic rings. The third-order valence-corrected chi connectivity index (χ3v) is 6.36. The van der Waals surface area contributed by atoms with E-state index < -0.39 is 15.6 Å². The standard InChI is InChI=1S/C22H21NO3S/c1-17-12-14-20(15-13-17)27(24,25)23-16-21-22(26-21,18-8-4-2-5-9-18)19-10-6-3-7-11-19/h2-15,21,23H,16H2,1H3/t21-/m1/s1. The topological polar surface area (TPSA) is 58.7 Å². The molecule has 0 unspecified atom stereocenters. The largest absolute Gasteiger partial charge is 0.354 e. The lowest BCUT2D eigenvalue weighted by Gasteiger charge is -2.14. The monoisotopic (exact) mass is 379 g/mol. The second-order valence-corrected chi connectivity index (χ2v) is 8.51. The zero-order valence-corrected chi connectivity index (χ0v) is 15.8. The highest BCUT2D eigenvalue weighted by Gasteiger charge is 2.58. The molecule has 0 amide bonds. The van der Waals surface area contributed by atoms with E-state index >= 15 is 0 Å². The van der Waals surface area contributed by atoms with Crippen LogP contribution in [0.15, 0.2) is 89.8 Å². The Balaban J connectivity index is 1.57. The fourth-order valence-corrected chi connectivity index (χ4v) is 4.44. The Morgan fingerprint density at radius 3 is 1.89 bits per heavy atom. The van der Waals surface area contributed by atoms with Gasteiger partial charge in [-0.25, -0.2) is 13.1 Å². The molecule has 1 heterocycles. The lowest BCUT2D eigenvalue weighted by molar-refractivity contribution is 0.327. The van der Waals surface area contributed by atoms with Crippen molar-refractivity contribution in [2.24, 2.45) is 0 Å². The van der Waals surface area contributed by atoms with Gasteiger partial charge < -0.3 is 4.74 Å². The maximum absolute atomic E-state index is 12.6. The number of benzene rings is 3. The molecule has 0 spiro atoms. The molecule has 5 heteroatoms. The van der Waals surface area contributed by atoms with Crippen molar-refractivity contribution in [1.29, 1.82) is 0 Å². The van der Waals surface area contributed by atoms with Crippen molar-refractivity contribution in [1.82, 2.24) is 4.72 Å².